The molecule has 0 radical (unpaired) electrons. The molecule has 0 spiro atoms. The van der Waals surface area contributed by atoms with Gasteiger partial charge in [-0.1, -0.05) is 113 Å². The number of hydrazone groups is 1. The van der Waals surface area contributed by atoms with E-state index in [9.17, 15) is 9.90 Å². The Morgan fingerprint density at radius 1 is 0.714 bits per heavy atom. The maximum atomic E-state index is 13.4. The van der Waals surface area contributed by atoms with Crippen LogP contribution in [-0.4, -0.2) is 10.8 Å². The zero-order valence-electron chi connectivity index (χ0n) is 22.4. The molecule has 1 heterocycles. The average molecular weight is 614 g/mol. The molecule has 0 saturated carbocycles. The third-order valence-corrected chi connectivity index (χ3v) is 7.39. The van der Waals surface area contributed by atoms with Crippen LogP contribution in [0.15, 0.2) is 158 Å². The minimum atomic E-state index is -0.637. The molecule has 6 aromatic rings. The second-order valence-corrected chi connectivity index (χ2v) is 10.5. The van der Waals surface area contributed by atoms with E-state index in [4.69, 9.17) is 9.52 Å². The Kier molecular flexibility index (Phi) is 7.79. The SMILES string of the molecule is O=c1oc2ccccc2c(O)c1/C(=C/C(=N/Nc1ccccc1)c1ccc(-c2ccc(Br)cc2)cc1)c1ccccc1. The second-order valence-electron chi connectivity index (χ2n) is 9.59. The predicted molar refractivity (Wildman–Crippen MR) is 174 cm³/mol. The number of allylic oxidation sites excluding steroid dienone is 1. The maximum Gasteiger partial charge on any atom is 0.348 e. The predicted octanol–water partition coefficient (Wildman–Crippen LogP) is 8.88. The van der Waals surface area contributed by atoms with Crippen LogP contribution in [0, 0.1) is 0 Å². The monoisotopic (exact) mass is 612 g/mol. The first-order valence-electron chi connectivity index (χ1n) is 13.3. The summed E-state index contributed by atoms with van der Waals surface area (Å²) in [7, 11) is 0. The van der Waals surface area contributed by atoms with Crippen LogP contribution in [0.1, 0.15) is 16.7 Å². The Morgan fingerprint density at radius 3 is 2.00 bits per heavy atom. The van der Waals surface area contributed by atoms with E-state index in [2.05, 4.69) is 33.5 Å². The summed E-state index contributed by atoms with van der Waals surface area (Å²) in [5, 5.41) is 16.6. The topological polar surface area (TPSA) is 74.8 Å². The van der Waals surface area contributed by atoms with Crippen molar-refractivity contribution in [3.63, 3.8) is 0 Å². The molecule has 0 saturated heterocycles. The van der Waals surface area contributed by atoms with Gasteiger partial charge in [-0.05, 0) is 59.2 Å². The van der Waals surface area contributed by atoms with Crippen molar-refractivity contribution in [1.82, 2.24) is 0 Å². The lowest BCUT2D eigenvalue weighted by atomic mass is 9.94. The molecule has 0 amide bonds. The summed E-state index contributed by atoms with van der Waals surface area (Å²) >= 11 is 3.49. The molecule has 2 N–H and O–H groups in total. The van der Waals surface area contributed by atoms with E-state index < -0.39 is 5.63 Å². The molecule has 6 heteroatoms. The van der Waals surface area contributed by atoms with Crippen molar-refractivity contribution < 1.29 is 9.52 Å². The number of benzene rings is 5. The van der Waals surface area contributed by atoms with Crippen LogP contribution in [-0.2, 0) is 0 Å². The number of hydrogen-bond donors (Lipinski definition) is 2. The van der Waals surface area contributed by atoms with Gasteiger partial charge in [-0.15, -0.1) is 0 Å². The van der Waals surface area contributed by atoms with Gasteiger partial charge in [0.25, 0.3) is 0 Å². The Balaban J connectivity index is 1.53. The van der Waals surface area contributed by atoms with Gasteiger partial charge < -0.3 is 9.52 Å². The summed E-state index contributed by atoms with van der Waals surface area (Å²) < 4.78 is 6.67. The van der Waals surface area contributed by atoms with Crippen molar-refractivity contribution >= 4 is 43.9 Å². The highest BCUT2D eigenvalue weighted by atomic mass is 79.9. The Bertz CT molecular complexity index is 1960. The van der Waals surface area contributed by atoms with Gasteiger partial charge >= 0.3 is 5.63 Å². The van der Waals surface area contributed by atoms with Crippen LogP contribution in [0.25, 0.3) is 27.7 Å². The average Bonchev–Trinajstić information content (AvgIpc) is 3.03. The lowest BCUT2D eigenvalue weighted by Crippen LogP contribution is -2.10. The van der Waals surface area contributed by atoms with Crippen LogP contribution in [0.5, 0.6) is 5.75 Å². The third kappa shape index (κ3) is 5.80. The molecule has 1 aromatic heterocycles. The lowest BCUT2D eigenvalue weighted by molar-refractivity contribution is 0.465. The van der Waals surface area contributed by atoms with Gasteiger partial charge in [0.15, 0.2) is 0 Å². The molecule has 5 aromatic carbocycles. The molecule has 0 aliphatic heterocycles. The molecule has 6 rings (SSSR count). The van der Waals surface area contributed by atoms with Crippen molar-refractivity contribution in [3.05, 3.63) is 171 Å². The summed E-state index contributed by atoms with van der Waals surface area (Å²) in [4.78, 5) is 13.4. The van der Waals surface area contributed by atoms with Gasteiger partial charge in [-0.25, -0.2) is 4.79 Å². The lowest BCUT2D eigenvalue weighted by Gasteiger charge is -2.13. The highest BCUT2D eigenvalue weighted by Gasteiger charge is 2.20. The number of aromatic hydroxyl groups is 1. The minimum absolute atomic E-state index is 0.0683. The normalized spacial score (nSPS) is 11.9. The van der Waals surface area contributed by atoms with Crippen LogP contribution >= 0.6 is 15.9 Å². The molecule has 42 heavy (non-hydrogen) atoms. The van der Waals surface area contributed by atoms with Crippen LogP contribution in [0.4, 0.5) is 5.69 Å². The molecule has 0 bridgehead atoms. The van der Waals surface area contributed by atoms with E-state index >= 15 is 0 Å². The van der Waals surface area contributed by atoms with E-state index in [-0.39, 0.29) is 11.3 Å². The Labute approximate surface area is 251 Å². The summed E-state index contributed by atoms with van der Waals surface area (Å²) in [6.45, 7) is 0. The number of halogens is 1. The van der Waals surface area contributed by atoms with Crippen LogP contribution in [0.3, 0.4) is 0 Å². The first kappa shape index (κ1) is 27.0. The maximum absolute atomic E-state index is 13.4. The van der Waals surface area contributed by atoms with E-state index in [0.717, 1.165) is 32.4 Å². The van der Waals surface area contributed by atoms with E-state index in [0.29, 0.717) is 22.3 Å². The number of para-hydroxylation sites is 2. The number of fused-ring (bicyclic) bond motifs is 1. The number of nitrogens with one attached hydrogen (secondary N) is 1. The highest BCUT2D eigenvalue weighted by molar-refractivity contribution is 9.10. The van der Waals surface area contributed by atoms with Gasteiger partial charge in [0.05, 0.1) is 16.8 Å². The smallest absolute Gasteiger partial charge is 0.348 e. The van der Waals surface area contributed by atoms with Crippen molar-refractivity contribution in [2.24, 2.45) is 5.10 Å². The van der Waals surface area contributed by atoms with Crippen molar-refractivity contribution in [1.29, 1.82) is 0 Å². The second kappa shape index (κ2) is 12.1. The molecule has 5 nitrogen and oxygen atoms in total. The van der Waals surface area contributed by atoms with E-state index in [1.165, 1.54) is 0 Å². The first-order chi connectivity index (χ1) is 20.6. The molecular formula is C36H25BrN2O3. The van der Waals surface area contributed by atoms with Crippen molar-refractivity contribution in [2.45, 2.75) is 0 Å². The Hall–Kier alpha value is -5.20. The largest absolute Gasteiger partial charge is 0.506 e. The molecule has 0 aliphatic rings. The van der Waals surface area contributed by atoms with Crippen molar-refractivity contribution in [2.75, 3.05) is 5.43 Å². The molecule has 0 unspecified atom stereocenters. The van der Waals surface area contributed by atoms with Crippen LogP contribution < -0.4 is 11.1 Å². The minimum Gasteiger partial charge on any atom is -0.506 e. The fraction of sp³-hybridized carbons (Fsp3) is 0. The standard InChI is InChI=1S/C36H25BrN2O3/c37-28-21-19-25(20-22-28)24-15-17-27(18-16-24)32(39-38-29-11-5-2-6-12-29)23-31(26-9-3-1-4-10-26)34-35(40)30-13-7-8-14-33(30)42-36(34)41/h1-23,38,40H/b31-23+,39-32-. The van der Waals surface area contributed by atoms with Gasteiger partial charge in [-0.3, -0.25) is 5.43 Å². The quantitative estimate of drug-likeness (QED) is 0.107. The summed E-state index contributed by atoms with van der Waals surface area (Å²) in [6, 6.07) is 42.2. The molecular weight excluding hydrogens is 588 g/mol. The van der Waals surface area contributed by atoms with Gasteiger partial charge in [0, 0.05) is 15.6 Å². The zero-order chi connectivity index (χ0) is 28.9. The number of rotatable bonds is 7. The molecule has 0 atom stereocenters. The van der Waals surface area contributed by atoms with Gasteiger partial charge in [0.2, 0.25) is 0 Å². The van der Waals surface area contributed by atoms with E-state index in [1.54, 1.807) is 30.3 Å². The molecule has 204 valence electrons. The zero-order valence-corrected chi connectivity index (χ0v) is 24.0. The molecule has 0 fully saturated rings. The fourth-order valence-corrected chi connectivity index (χ4v) is 4.98. The van der Waals surface area contributed by atoms with Gasteiger partial charge in [0.1, 0.15) is 16.9 Å². The number of anilines is 1. The third-order valence-electron chi connectivity index (χ3n) is 6.86. The van der Waals surface area contributed by atoms with Gasteiger partial charge in [-0.2, -0.15) is 5.10 Å². The van der Waals surface area contributed by atoms with Crippen LogP contribution in [0.2, 0.25) is 0 Å². The fourth-order valence-electron chi connectivity index (χ4n) is 4.72. The summed E-state index contributed by atoms with van der Waals surface area (Å²) in [5.41, 5.74) is 8.44. The Morgan fingerprint density at radius 2 is 1.31 bits per heavy atom. The highest BCUT2D eigenvalue weighted by Crippen LogP contribution is 2.34. The van der Waals surface area contributed by atoms with E-state index in [1.807, 2.05) is 97.1 Å². The first-order valence-corrected chi connectivity index (χ1v) is 14.1. The summed E-state index contributed by atoms with van der Waals surface area (Å²) in [5.74, 6) is -0.141. The van der Waals surface area contributed by atoms with Crippen molar-refractivity contribution in [3.8, 4) is 16.9 Å². The molecule has 0 aliphatic carbocycles. The number of hydrogen-bond acceptors (Lipinski definition) is 5. The summed E-state index contributed by atoms with van der Waals surface area (Å²) in [6.07, 6.45) is 1.81. The number of nitrogens with zero attached hydrogens (tertiary/aromatic N) is 1.